The van der Waals surface area contributed by atoms with Gasteiger partial charge in [0.15, 0.2) is 0 Å². The lowest BCUT2D eigenvalue weighted by molar-refractivity contribution is 0.845. The Morgan fingerprint density at radius 1 is 1.21 bits per heavy atom. The summed E-state index contributed by atoms with van der Waals surface area (Å²) in [4.78, 5) is 8.77. The molecule has 0 radical (unpaired) electrons. The molecule has 0 saturated carbocycles. The highest BCUT2D eigenvalue weighted by Crippen LogP contribution is 2.26. The van der Waals surface area contributed by atoms with Crippen LogP contribution in [-0.2, 0) is 6.42 Å². The summed E-state index contributed by atoms with van der Waals surface area (Å²) in [6.07, 6.45) is 4.31. The van der Waals surface area contributed by atoms with Crippen LogP contribution >= 0.6 is 15.9 Å². The van der Waals surface area contributed by atoms with Crippen molar-refractivity contribution in [3.63, 3.8) is 0 Å². The molecule has 0 saturated heterocycles. The lowest BCUT2D eigenvalue weighted by Crippen LogP contribution is -2.09. The van der Waals surface area contributed by atoms with E-state index >= 15 is 0 Å². The van der Waals surface area contributed by atoms with Gasteiger partial charge in [-0.3, -0.25) is 9.55 Å². The molecule has 19 heavy (non-hydrogen) atoms. The van der Waals surface area contributed by atoms with Crippen molar-refractivity contribution in [3.05, 3.63) is 53.0 Å². The van der Waals surface area contributed by atoms with Crippen LogP contribution in [0.1, 0.15) is 5.82 Å². The Balaban J connectivity index is 2.31. The summed E-state index contributed by atoms with van der Waals surface area (Å²) >= 11 is 3.55. The normalized spacial score (nSPS) is 11.1. The predicted octanol–water partition coefficient (Wildman–Crippen LogP) is 2.68. The summed E-state index contributed by atoms with van der Waals surface area (Å²) < 4.78 is 3.07. The van der Waals surface area contributed by atoms with Crippen LogP contribution in [0.3, 0.4) is 0 Å². The van der Waals surface area contributed by atoms with Crippen molar-refractivity contribution in [1.82, 2.24) is 14.5 Å². The summed E-state index contributed by atoms with van der Waals surface area (Å²) in [7, 11) is 0. The van der Waals surface area contributed by atoms with E-state index in [0.717, 1.165) is 33.4 Å². The molecule has 4 nitrogen and oxygen atoms in total. The Kier molecular flexibility index (Phi) is 3.31. The summed E-state index contributed by atoms with van der Waals surface area (Å²) in [5.41, 5.74) is 8.79. The quantitative estimate of drug-likeness (QED) is 0.808. The second-order valence-corrected chi connectivity index (χ2v) is 5.07. The number of hydrogen-bond acceptors (Lipinski definition) is 3. The number of imidazole rings is 1. The Hall–Kier alpha value is -1.72. The average Bonchev–Trinajstić information content (AvgIpc) is 2.78. The number of halogens is 1. The molecule has 0 fully saturated rings. The Labute approximate surface area is 119 Å². The first kappa shape index (κ1) is 12.3. The van der Waals surface area contributed by atoms with Crippen LogP contribution in [0.15, 0.2) is 47.2 Å². The molecule has 5 heteroatoms. The molecule has 2 N–H and O–H groups in total. The molecule has 0 atom stereocenters. The van der Waals surface area contributed by atoms with E-state index in [1.807, 2.05) is 24.3 Å². The van der Waals surface area contributed by atoms with Crippen molar-refractivity contribution in [2.75, 3.05) is 6.54 Å². The fourth-order valence-electron chi connectivity index (χ4n) is 2.19. The topological polar surface area (TPSA) is 56.7 Å². The second-order valence-electron chi connectivity index (χ2n) is 4.22. The maximum atomic E-state index is 5.69. The molecule has 0 aliphatic rings. The van der Waals surface area contributed by atoms with Gasteiger partial charge in [0.05, 0.1) is 21.2 Å². The van der Waals surface area contributed by atoms with Gasteiger partial charge < -0.3 is 5.73 Å². The third-order valence-corrected chi connectivity index (χ3v) is 3.60. The van der Waals surface area contributed by atoms with Gasteiger partial charge in [-0.25, -0.2) is 4.98 Å². The number of pyridine rings is 1. The molecular weight excluding hydrogens is 304 g/mol. The number of para-hydroxylation sites is 2. The van der Waals surface area contributed by atoms with Crippen LogP contribution in [0.2, 0.25) is 0 Å². The van der Waals surface area contributed by atoms with Crippen LogP contribution in [-0.4, -0.2) is 21.1 Å². The van der Waals surface area contributed by atoms with Crippen molar-refractivity contribution < 1.29 is 0 Å². The van der Waals surface area contributed by atoms with Crippen LogP contribution in [0, 0.1) is 0 Å². The number of hydrogen-bond donors (Lipinski definition) is 1. The molecule has 3 rings (SSSR count). The minimum absolute atomic E-state index is 0.575. The van der Waals surface area contributed by atoms with Crippen molar-refractivity contribution >= 4 is 27.0 Å². The largest absolute Gasteiger partial charge is 0.330 e. The molecule has 3 aromatic rings. The fourth-order valence-corrected chi connectivity index (χ4v) is 2.62. The number of rotatable bonds is 3. The van der Waals surface area contributed by atoms with Crippen molar-refractivity contribution in [3.8, 4) is 5.69 Å². The molecule has 0 bridgehead atoms. The summed E-state index contributed by atoms with van der Waals surface area (Å²) in [5, 5.41) is 0. The number of fused-ring (bicyclic) bond motifs is 1. The van der Waals surface area contributed by atoms with E-state index < -0.39 is 0 Å². The standard InChI is InChI=1S/C14H13BrN4/c15-10-9-17-8-6-12(10)19-13-4-2-1-3-11(13)18-14(19)5-7-16/h1-4,6,8-9H,5,7,16H2. The summed E-state index contributed by atoms with van der Waals surface area (Å²) in [5.74, 6) is 0.968. The highest BCUT2D eigenvalue weighted by Gasteiger charge is 2.13. The molecule has 0 amide bonds. The summed E-state index contributed by atoms with van der Waals surface area (Å²) in [6.45, 7) is 0.575. The minimum Gasteiger partial charge on any atom is -0.330 e. The molecule has 2 heterocycles. The Morgan fingerprint density at radius 3 is 2.84 bits per heavy atom. The van der Waals surface area contributed by atoms with Crippen LogP contribution < -0.4 is 5.73 Å². The van der Waals surface area contributed by atoms with E-state index in [2.05, 4.69) is 36.5 Å². The molecule has 0 unspecified atom stereocenters. The van der Waals surface area contributed by atoms with Gasteiger partial charge in [-0.2, -0.15) is 0 Å². The molecule has 0 spiro atoms. The minimum atomic E-state index is 0.575. The van der Waals surface area contributed by atoms with Crippen molar-refractivity contribution in [2.24, 2.45) is 5.73 Å². The predicted molar refractivity (Wildman–Crippen MR) is 79.3 cm³/mol. The van der Waals surface area contributed by atoms with E-state index in [1.54, 1.807) is 12.4 Å². The van der Waals surface area contributed by atoms with Gasteiger partial charge >= 0.3 is 0 Å². The zero-order chi connectivity index (χ0) is 13.2. The molecule has 1 aromatic carbocycles. The monoisotopic (exact) mass is 316 g/mol. The Bertz CT molecular complexity index is 720. The number of aromatic nitrogens is 3. The van der Waals surface area contributed by atoms with Crippen LogP contribution in [0.25, 0.3) is 16.7 Å². The van der Waals surface area contributed by atoms with Gasteiger partial charge in [0.25, 0.3) is 0 Å². The highest BCUT2D eigenvalue weighted by atomic mass is 79.9. The number of benzene rings is 1. The molecular formula is C14H13BrN4. The lowest BCUT2D eigenvalue weighted by Gasteiger charge is -2.10. The zero-order valence-corrected chi connectivity index (χ0v) is 11.8. The summed E-state index contributed by atoms with van der Waals surface area (Å²) in [6, 6.07) is 10.1. The fraction of sp³-hybridized carbons (Fsp3) is 0.143. The van der Waals surface area contributed by atoms with E-state index in [-0.39, 0.29) is 0 Å². The van der Waals surface area contributed by atoms with E-state index in [0.29, 0.717) is 6.54 Å². The first-order valence-corrected chi connectivity index (χ1v) is 6.87. The lowest BCUT2D eigenvalue weighted by atomic mass is 10.3. The van der Waals surface area contributed by atoms with Gasteiger partial charge in [0.1, 0.15) is 5.82 Å². The van der Waals surface area contributed by atoms with Crippen LogP contribution in [0.5, 0.6) is 0 Å². The average molecular weight is 317 g/mol. The third kappa shape index (κ3) is 2.15. The zero-order valence-electron chi connectivity index (χ0n) is 10.3. The molecule has 0 aliphatic heterocycles. The maximum absolute atomic E-state index is 5.69. The molecule has 0 aliphatic carbocycles. The molecule has 2 aromatic heterocycles. The van der Waals surface area contributed by atoms with E-state index in [9.17, 15) is 0 Å². The van der Waals surface area contributed by atoms with Gasteiger partial charge in [-0.1, -0.05) is 12.1 Å². The SMILES string of the molecule is NCCc1nc2ccccc2n1-c1ccncc1Br. The van der Waals surface area contributed by atoms with E-state index in [1.165, 1.54) is 0 Å². The first-order chi connectivity index (χ1) is 9.31. The highest BCUT2D eigenvalue weighted by molar-refractivity contribution is 9.10. The van der Waals surface area contributed by atoms with Crippen LogP contribution in [0.4, 0.5) is 0 Å². The van der Waals surface area contributed by atoms with Gasteiger partial charge in [-0.05, 0) is 40.7 Å². The number of nitrogens with zero attached hydrogens (tertiary/aromatic N) is 3. The Morgan fingerprint density at radius 2 is 2.05 bits per heavy atom. The third-order valence-electron chi connectivity index (χ3n) is 2.99. The number of nitrogens with two attached hydrogens (primary N) is 1. The second kappa shape index (κ2) is 5.11. The first-order valence-electron chi connectivity index (χ1n) is 6.07. The van der Waals surface area contributed by atoms with Gasteiger partial charge in [0.2, 0.25) is 0 Å². The maximum Gasteiger partial charge on any atom is 0.115 e. The van der Waals surface area contributed by atoms with E-state index in [4.69, 9.17) is 5.73 Å². The van der Waals surface area contributed by atoms with Gasteiger partial charge in [-0.15, -0.1) is 0 Å². The van der Waals surface area contributed by atoms with Gasteiger partial charge in [0, 0.05) is 18.8 Å². The molecule has 96 valence electrons. The van der Waals surface area contributed by atoms with Crippen molar-refractivity contribution in [1.29, 1.82) is 0 Å². The van der Waals surface area contributed by atoms with Crippen molar-refractivity contribution in [2.45, 2.75) is 6.42 Å². The smallest absolute Gasteiger partial charge is 0.115 e.